The Labute approximate surface area is 145 Å². The summed E-state index contributed by atoms with van der Waals surface area (Å²) in [6, 6.07) is 9.95. The fourth-order valence-electron chi connectivity index (χ4n) is 2.01. The molecule has 0 saturated carbocycles. The summed E-state index contributed by atoms with van der Waals surface area (Å²) >= 11 is 5.79. The molecule has 0 radical (unpaired) electrons. The van der Waals surface area contributed by atoms with Crippen molar-refractivity contribution in [3.05, 3.63) is 52.5 Å². The van der Waals surface area contributed by atoms with Crippen LogP contribution in [0.2, 0.25) is 5.02 Å². The van der Waals surface area contributed by atoms with E-state index in [4.69, 9.17) is 25.8 Å². The number of methoxy groups -OCH3 is 3. The Bertz CT molecular complexity index is 720. The van der Waals surface area contributed by atoms with Crippen LogP contribution in [0.5, 0.6) is 17.2 Å². The lowest BCUT2D eigenvalue weighted by Gasteiger charge is -2.12. The van der Waals surface area contributed by atoms with Crippen molar-refractivity contribution < 1.29 is 19.0 Å². The number of benzene rings is 2. The summed E-state index contributed by atoms with van der Waals surface area (Å²) in [5.74, 6) is 1.15. The van der Waals surface area contributed by atoms with Crippen LogP contribution in [0.1, 0.15) is 15.9 Å². The Kier molecular flexibility index (Phi) is 6.03. The van der Waals surface area contributed by atoms with Gasteiger partial charge in [0, 0.05) is 16.1 Å². The first-order valence-corrected chi connectivity index (χ1v) is 7.35. The number of carbonyl (C=O) groups is 1. The van der Waals surface area contributed by atoms with Gasteiger partial charge in [0.2, 0.25) is 5.75 Å². The van der Waals surface area contributed by atoms with Crippen LogP contribution < -0.4 is 19.6 Å². The van der Waals surface area contributed by atoms with Crippen molar-refractivity contribution in [2.24, 2.45) is 5.10 Å². The van der Waals surface area contributed by atoms with Gasteiger partial charge in [-0.1, -0.05) is 11.6 Å². The van der Waals surface area contributed by atoms with Crippen LogP contribution in [0, 0.1) is 0 Å². The van der Waals surface area contributed by atoms with Gasteiger partial charge in [-0.25, -0.2) is 5.43 Å². The standard InChI is InChI=1S/C17H17ClN2O4/c1-22-14-8-11(9-15(23-2)16(14)24-3)10-19-20-17(21)12-4-6-13(18)7-5-12/h4-10H,1-3H3,(H,20,21)/b19-10+. The molecule has 2 aromatic carbocycles. The van der Waals surface area contributed by atoms with E-state index in [1.54, 1.807) is 36.4 Å². The first kappa shape index (κ1) is 17.6. The smallest absolute Gasteiger partial charge is 0.271 e. The fourth-order valence-corrected chi connectivity index (χ4v) is 2.13. The molecule has 2 rings (SSSR count). The second-order valence-corrected chi connectivity index (χ2v) is 5.10. The highest BCUT2D eigenvalue weighted by Gasteiger charge is 2.12. The van der Waals surface area contributed by atoms with Gasteiger partial charge >= 0.3 is 0 Å². The SMILES string of the molecule is COc1cc(/C=N/NC(=O)c2ccc(Cl)cc2)cc(OC)c1OC. The van der Waals surface area contributed by atoms with Crippen molar-refractivity contribution in [2.45, 2.75) is 0 Å². The average Bonchev–Trinajstić information content (AvgIpc) is 2.61. The minimum atomic E-state index is -0.338. The normalized spacial score (nSPS) is 10.5. The lowest BCUT2D eigenvalue weighted by Crippen LogP contribution is -2.17. The third-order valence-electron chi connectivity index (χ3n) is 3.17. The molecule has 0 bridgehead atoms. The second kappa shape index (κ2) is 8.21. The molecule has 0 aliphatic rings. The molecule has 0 spiro atoms. The Morgan fingerprint density at radius 1 is 1.04 bits per heavy atom. The van der Waals surface area contributed by atoms with Crippen LogP contribution in [0.15, 0.2) is 41.5 Å². The molecule has 0 aromatic heterocycles. The summed E-state index contributed by atoms with van der Waals surface area (Å²) in [6.45, 7) is 0. The van der Waals surface area contributed by atoms with Gasteiger partial charge in [-0.3, -0.25) is 4.79 Å². The Balaban J connectivity index is 2.14. The van der Waals surface area contributed by atoms with Gasteiger partial charge in [0.1, 0.15) is 0 Å². The molecule has 0 unspecified atom stereocenters. The van der Waals surface area contributed by atoms with E-state index < -0.39 is 0 Å². The number of hydrazone groups is 1. The molecule has 0 atom stereocenters. The van der Waals surface area contributed by atoms with E-state index in [1.807, 2.05) is 0 Å². The summed E-state index contributed by atoms with van der Waals surface area (Å²) < 4.78 is 15.8. The molecule has 0 aliphatic heterocycles. The molecule has 0 saturated heterocycles. The van der Waals surface area contributed by atoms with Gasteiger partial charge < -0.3 is 14.2 Å². The van der Waals surface area contributed by atoms with E-state index in [0.717, 1.165) is 0 Å². The summed E-state index contributed by atoms with van der Waals surface area (Å²) in [5, 5.41) is 4.50. The predicted octanol–water partition coefficient (Wildman–Crippen LogP) is 3.13. The summed E-state index contributed by atoms with van der Waals surface area (Å²) in [7, 11) is 4.58. The zero-order valence-electron chi connectivity index (χ0n) is 13.5. The molecule has 0 fully saturated rings. The number of carbonyl (C=O) groups excluding carboxylic acids is 1. The third-order valence-corrected chi connectivity index (χ3v) is 3.43. The maximum atomic E-state index is 12.0. The van der Waals surface area contributed by atoms with Gasteiger partial charge in [-0.05, 0) is 36.4 Å². The van der Waals surface area contributed by atoms with E-state index in [2.05, 4.69) is 10.5 Å². The summed E-state index contributed by atoms with van der Waals surface area (Å²) in [5.41, 5.74) is 3.59. The van der Waals surface area contributed by atoms with E-state index >= 15 is 0 Å². The monoisotopic (exact) mass is 348 g/mol. The van der Waals surface area contributed by atoms with Crippen LogP contribution in [0.4, 0.5) is 0 Å². The maximum absolute atomic E-state index is 12.0. The molecule has 0 aliphatic carbocycles. The van der Waals surface area contributed by atoms with E-state index in [0.29, 0.717) is 33.4 Å². The van der Waals surface area contributed by atoms with Crippen molar-refractivity contribution in [2.75, 3.05) is 21.3 Å². The topological polar surface area (TPSA) is 69.2 Å². The Hall–Kier alpha value is -2.73. The first-order chi connectivity index (χ1) is 11.6. The molecule has 1 N–H and O–H groups in total. The van der Waals surface area contributed by atoms with Gasteiger partial charge in [0.15, 0.2) is 11.5 Å². The molecule has 6 nitrogen and oxygen atoms in total. The van der Waals surface area contributed by atoms with Crippen LogP contribution in [0.3, 0.4) is 0 Å². The van der Waals surface area contributed by atoms with Crippen molar-refractivity contribution in [1.29, 1.82) is 0 Å². The van der Waals surface area contributed by atoms with E-state index in [-0.39, 0.29) is 5.91 Å². The lowest BCUT2D eigenvalue weighted by atomic mass is 10.2. The minimum absolute atomic E-state index is 0.338. The number of nitrogens with zero attached hydrogens (tertiary/aromatic N) is 1. The molecule has 1 amide bonds. The first-order valence-electron chi connectivity index (χ1n) is 6.98. The number of amides is 1. The zero-order chi connectivity index (χ0) is 17.5. The number of hydrogen-bond donors (Lipinski definition) is 1. The number of rotatable bonds is 6. The van der Waals surface area contributed by atoms with Crippen molar-refractivity contribution in [1.82, 2.24) is 5.43 Å². The van der Waals surface area contributed by atoms with Gasteiger partial charge in [0.25, 0.3) is 5.91 Å². The molecule has 24 heavy (non-hydrogen) atoms. The number of nitrogens with one attached hydrogen (secondary N) is 1. The summed E-state index contributed by atoms with van der Waals surface area (Å²) in [4.78, 5) is 12.0. The average molecular weight is 349 g/mol. The molecule has 0 heterocycles. The number of hydrogen-bond acceptors (Lipinski definition) is 5. The molecule has 126 valence electrons. The van der Waals surface area contributed by atoms with Gasteiger partial charge in [-0.2, -0.15) is 5.10 Å². The third kappa shape index (κ3) is 4.17. The van der Waals surface area contributed by atoms with E-state index in [9.17, 15) is 4.79 Å². The van der Waals surface area contributed by atoms with Crippen LogP contribution in [0.25, 0.3) is 0 Å². The van der Waals surface area contributed by atoms with Gasteiger partial charge in [0.05, 0.1) is 27.5 Å². The molecule has 2 aromatic rings. The van der Waals surface area contributed by atoms with E-state index in [1.165, 1.54) is 27.5 Å². The van der Waals surface area contributed by atoms with Crippen LogP contribution >= 0.6 is 11.6 Å². The van der Waals surface area contributed by atoms with Gasteiger partial charge in [-0.15, -0.1) is 0 Å². The maximum Gasteiger partial charge on any atom is 0.271 e. The van der Waals surface area contributed by atoms with Crippen molar-refractivity contribution >= 4 is 23.7 Å². The predicted molar refractivity (Wildman–Crippen MR) is 92.6 cm³/mol. The minimum Gasteiger partial charge on any atom is -0.493 e. The second-order valence-electron chi connectivity index (χ2n) is 4.66. The molecular formula is C17H17ClN2O4. The lowest BCUT2D eigenvalue weighted by molar-refractivity contribution is 0.0955. The summed E-state index contributed by atoms with van der Waals surface area (Å²) in [6.07, 6.45) is 1.48. The molecule has 7 heteroatoms. The zero-order valence-corrected chi connectivity index (χ0v) is 14.3. The van der Waals surface area contributed by atoms with Crippen molar-refractivity contribution in [3.8, 4) is 17.2 Å². The van der Waals surface area contributed by atoms with Crippen LogP contribution in [-0.2, 0) is 0 Å². The fraction of sp³-hybridized carbons (Fsp3) is 0.176. The highest BCUT2D eigenvalue weighted by Crippen LogP contribution is 2.37. The highest BCUT2D eigenvalue weighted by molar-refractivity contribution is 6.30. The highest BCUT2D eigenvalue weighted by atomic mass is 35.5. The van der Waals surface area contributed by atoms with Crippen LogP contribution in [-0.4, -0.2) is 33.5 Å². The number of ether oxygens (including phenoxy) is 3. The molecular weight excluding hydrogens is 332 g/mol. The Morgan fingerprint density at radius 2 is 1.62 bits per heavy atom. The largest absolute Gasteiger partial charge is 0.493 e. The van der Waals surface area contributed by atoms with Crippen molar-refractivity contribution in [3.63, 3.8) is 0 Å². The number of halogens is 1. The quantitative estimate of drug-likeness (QED) is 0.643. The Morgan fingerprint density at radius 3 is 2.12 bits per heavy atom.